The van der Waals surface area contributed by atoms with Crippen molar-refractivity contribution in [2.75, 3.05) is 6.54 Å². The summed E-state index contributed by atoms with van der Waals surface area (Å²) in [6, 6.07) is 7.58. The van der Waals surface area contributed by atoms with Gasteiger partial charge >= 0.3 is 6.03 Å². The molecule has 2 aliphatic heterocycles. The number of rotatable bonds is 4. The quantitative estimate of drug-likeness (QED) is 0.803. The fourth-order valence-electron chi connectivity index (χ4n) is 3.74. The van der Waals surface area contributed by atoms with E-state index in [4.69, 9.17) is 4.74 Å². The van der Waals surface area contributed by atoms with Crippen molar-refractivity contribution in [3.8, 4) is 5.75 Å². The first-order chi connectivity index (χ1) is 11.1. The van der Waals surface area contributed by atoms with Crippen molar-refractivity contribution in [3.05, 3.63) is 29.8 Å². The van der Waals surface area contributed by atoms with Gasteiger partial charge in [0.05, 0.1) is 12.6 Å². The van der Waals surface area contributed by atoms with Gasteiger partial charge in [-0.15, -0.1) is 0 Å². The Morgan fingerprint density at radius 3 is 2.70 bits per heavy atom. The summed E-state index contributed by atoms with van der Waals surface area (Å²) in [4.78, 5) is 28.5. The van der Waals surface area contributed by atoms with Gasteiger partial charge in [0.1, 0.15) is 11.3 Å². The number of nitrogens with zero attached hydrogens (tertiary/aromatic N) is 2. The Morgan fingerprint density at radius 2 is 2.00 bits per heavy atom. The number of ether oxygens (including phenoxy) is 1. The van der Waals surface area contributed by atoms with E-state index in [0.29, 0.717) is 13.1 Å². The van der Waals surface area contributed by atoms with Crippen LogP contribution in [0.3, 0.4) is 0 Å². The molecule has 5 heteroatoms. The molecule has 0 radical (unpaired) electrons. The van der Waals surface area contributed by atoms with Gasteiger partial charge in [-0.05, 0) is 45.1 Å². The van der Waals surface area contributed by atoms with Gasteiger partial charge in [0.25, 0.3) is 5.91 Å². The molecule has 3 fully saturated rings. The van der Waals surface area contributed by atoms with Crippen LogP contribution in [0.2, 0.25) is 0 Å². The number of carbonyl (C=O) groups is 2. The minimum absolute atomic E-state index is 0.0709. The van der Waals surface area contributed by atoms with E-state index in [2.05, 4.69) is 0 Å². The lowest BCUT2D eigenvalue weighted by atomic mass is 9.96. The minimum atomic E-state index is -0.638. The highest BCUT2D eigenvalue weighted by atomic mass is 16.5. The summed E-state index contributed by atoms with van der Waals surface area (Å²) in [6.07, 6.45) is 5.33. The second-order valence-corrected chi connectivity index (χ2v) is 6.98. The average Bonchev–Trinajstić information content (AvgIpc) is 2.97. The lowest BCUT2D eigenvalue weighted by Crippen LogP contribution is -2.41. The van der Waals surface area contributed by atoms with E-state index in [-0.39, 0.29) is 18.0 Å². The lowest BCUT2D eigenvalue weighted by Gasteiger charge is -2.28. The third-order valence-electron chi connectivity index (χ3n) is 5.46. The zero-order valence-electron chi connectivity index (χ0n) is 13.5. The SMILES string of the molecule is C[C@@]12CCCN1C(=O)N(Cc1ccccc1OC1CCC1)C2=O. The van der Waals surface area contributed by atoms with Crippen LogP contribution in [0.25, 0.3) is 0 Å². The smallest absolute Gasteiger partial charge is 0.327 e. The van der Waals surface area contributed by atoms with E-state index in [1.165, 1.54) is 11.3 Å². The number of fused-ring (bicyclic) bond motifs is 1. The van der Waals surface area contributed by atoms with Crippen LogP contribution in [0, 0.1) is 0 Å². The molecular formula is C18H22N2O3. The second kappa shape index (κ2) is 5.25. The third kappa shape index (κ3) is 2.21. The van der Waals surface area contributed by atoms with E-state index < -0.39 is 5.54 Å². The first kappa shape index (κ1) is 14.5. The largest absolute Gasteiger partial charge is 0.490 e. The van der Waals surface area contributed by atoms with E-state index >= 15 is 0 Å². The van der Waals surface area contributed by atoms with Crippen LogP contribution in [-0.4, -0.2) is 39.9 Å². The first-order valence-corrected chi connectivity index (χ1v) is 8.48. The summed E-state index contributed by atoms with van der Waals surface area (Å²) in [5, 5.41) is 0. The first-order valence-electron chi connectivity index (χ1n) is 8.48. The van der Waals surface area contributed by atoms with Crippen LogP contribution in [0.5, 0.6) is 5.75 Å². The van der Waals surface area contributed by atoms with E-state index in [0.717, 1.165) is 37.0 Å². The molecule has 1 saturated carbocycles. The topological polar surface area (TPSA) is 49.9 Å². The zero-order chi connectivity index (χ0) is 16.0. The summed E-state index contributed by atoms with van der Waals surface area (Å²) >= 11 is 0. The molecule has 1 aromatic rings. The maximum Gasteiger partial charge on any atom is 0.327 e. The highest BCUT2D eigenvalue weighted by molar-refractivity contribution is 6.07. The van der Waals surface area contributed by atoms with Gasteiger partial charge in [0.15, 0.2) is 0 Å². The summed E-state index contributed by atoms with van der Waals surface area (Å²) in [6.45, 7) is 2.86. The summed E-state index contributed by atoms with van der Waals surface area (Å²) in [5.74, 6) is 0.730. The molecule has 23 heavy (non-hydrogen) atoms. The molecule has 0 aromatic heterocycles. The predicted octanol–water partition coefficient (Wildman–Crippen LogP) is 2.93. The zero-order valence-corrected chi connectivity index (χ0v) is 13.5. The summed E-state index contributed by atoms with van der Waals surface area (Å²) in [7, 11) is 0. The van der Waals surface area contributed by atoms with E-state index in [9.17, 15) is 9.59 Å². The number of para-hydroxylation sites is 1. The predicted molar refractivity (Wildman–Crippen MR) is 85.0 cm³/mol. The molecule has 3 amide bonds. The third-order valence-corrected chi connectivity index (χ3v) is 5.46. The number of imide groups is 1. The molecule has 2 heterocycles. The van der Waals surface area contributed by atoms with Crippen LogP contribution in [0.15, 0.2) is 24.3 Å². The van der Waals surface area contributed by atoms with Crippen molar-refractivity contribution < 1.29 is 14.3 Å². The fraction of sp³-hybridized carbons (Fsp3) is 0.556. The maximum absolute atomic E-state index is 12.7. The molecule has 1 aliphatic carbocycles. The second-order valence-electron chi connectivity index (χ2n) is 6.98. The highest BCUT2D eigenvalue weighted by Gasteiger charge is 2.56. The van der Waals surface area contributed by atoms with Crippen molar-refractivity contribution in [3.63, 3.8) is 0 Å². The molecule has 0 N–H and O–H groups in total. The monoisotopic (exact) mass is 314 g/mol. The van der Waals surface area contributed by atoms with Crippen LogP contribution in [0.1, 0.15) is 44.6 Å². The number of hydrogen-bond donors (Lipinski definition) is 0. The molecule has 0 unspecified atom stereocenters. The van der Waals surface area contributed by atoms with Crippen LogP contribution in [0.4, 0.5) is 4.79 Å². The normalized spacial score (nSPS) is 27.3. The average molecular weight is 314 g/mol. The Kier molecular flexibility index (Phi) is 3.32. The Hall–Kier alpha value is -2.04. The molecule has 1 aromatic carbocycles. The molecule has 0 bridgehead atoms. The van der Waals surface area contributed by atoms with Gasteiger partial charge in [-0.1, -0.05) is 18.2 Å². The molecular weight excluding hydrogens is 292 g/mol. The Morgan fingerprint density at radius 1 is 1.22 bits per heavy atom. The van der Waals surface area contributed by atoms with Gasteiger partial charge in [-0.3, -0.25) is 9.69 Å². The summed E-state index contributed by atoms with van der Waals surface area (Å²) in [5.41, 5.74) is 0.270. The van der Waals surface area contributed by atoms with Crippen molar-refractivity contribution in [2.45, 2.75) is 57.2 Å². The number of benzene rings is 1. The molecule has 3 aliphatic rings. The standard InChI is InChI=1S/C18H22N2O3/c1-18-10-5-11-20(18)17(22)19(16(18)21)12-13-6-2-3-9-15(13)23-14-7-4-8-14/h2-3,6,9,14H,4-5,7-8,10-12H2,1H3/t18-/m0/s1. The van der Waals surface area contributed by atoms with Gasteiger partial charge in [0.2, 0.25) is 0 Å². The Bertz CT molecular complexity index is 655. The van der Waals surface area contributed by atoms with Gasteiger partial charge < -0.3 is 9.64 Å². The van der Waals surface area contributed by atoms with Gasteiger partial charge in [0, 0.05) is 12.1 Å². The van der Waals surface area contributed by atoms with E-state index in [1.807, 2.05) is 31.2 Å². The molecule has 0 spiro atoms. The molecule has 5 nitrogen and oxygen atoms in total. The number of hydrogen-bond acceptors (Lipinski definition) is 3. The number of amides is 3. The van der Waals surface area contributed by atoms with Crippen molar-refractivity contribution in [2.24, 2.45) is 0 Å². The van der Waals surface area contributed by atoms with Gasteiger partial charge in [-0.25, -0.2) is 4.79 Å². The van der Waals surface area contributed by atoms with Crippen LogP contribution >= 0.6 is 0 Å². The molecule has 4 rings (SSSR count). The maximum atomic E-state index is 12.7. The van der Waals surface area contributed by atoms with Crippen molar-refractivity contribution >= 4 is 11.9 Å². The molecule has 122 valence electrons. The Balaban J connectivity index is 1.56. The number of urea groups is 1. The minimum Gasteiger partial charge on any atom is -0.490 e. The molecule has 1 atom stereocenters. The summed E-state index contributed by atoms with van der Waals surface area (Å²) < 4.78 is 6.02. The highest BCUT2D eigenvalue weighted by Crippen LogP contribution is 2.38. The number of carbonyl (C=O) groups excluding carboxylic acids is 2. The fourth-order valence-corrected chi connectivity index (χ4v) is 3.74. The van der Waals surface area contributed by atoms with Crippen molar-refractivity contribution in [1.82, 2.24) is 9.80 Å². The molecule has 2 saturated heterocycles. The van der Waals surface area contributed by atoms with Crippen LogP contribution < -0.4 is 4.74 Å². The van der Waals surface area contributed by atoms with Crippen molar-refractivity contribution in [1.29, 1.82) is 0 Å². The Labute approximate surface area is 136 Å². The lowest BCUT2D eigenvalue weighted by molar-refractivity contribution is -0.132. The van der Waals surface area contributed by atoms with Crippen LogP contribution in [-0.2, 0) is 11.3 Å². The van der Waals surface area contributed by atoms with E-state index in [1.54, 1.807) is 4.90 Å². The van der Waals surface area contributed by atoms with Gasteiger partial charge in [-0.2, -0.15) is 0 Å².